The Labute approximate surface area is 70.2 Å². The maximum absolute atomic E-state index is 9.11. The van der Waals surface area contributed by atoms with Crippen molar-refractivity contribution in [2.24, 2.45) is 0 Å². The minimum absolute atomic E-state index is 0.0698. The van der Waals surface area contributed by atoms with Crippen LogP contribution in [0.25, 0.3) is 10.8 Å². The Balaban J connectivity index is 2.88. The van der Waals surface area contributed by atoms with Crippen molar-refractivity contribution in [3.63, 3.8) is 0 Å². The van der Waals surface area contributed by atoms with Gasteiger partial charge in [0.1, 0.15) is 5.75 Å². The van der Waals surface area contributed by atoms with Gasteiger partial charge in [-0.15, -0.1) is 0 Å². The van der Waals surface area contributed by atoms with Gasteiger partial charge in [0.2, 0.25) is 0 Å². The monoisotopic (exact) mass is 157 g/mol. The van der Waals surface area contributed by atoms with Crippen molar-refractivity contribution < 1.29 is 5.11 Å². The lowest BCUT2D eigenvalue weighted by molar-refractivity contribution is 0.475. The van der Waals surface area contributed by atoms with E-state index in [2.05, 4.69) is 12.1 Å². The third-order valence-electron chi connectivity index (χ3n) is 1.71. The molecule has 0 saturated carbocycles. The lowest BCUT2D eigenvalue weighted by atomic mass is 10.1. The summed E-state index contributed by atoms with van der Waals surface area (Å²) >= 11 is 0. The molecule has 3 N–H and O–H groups in total. The second kappa shape index (κ2) is 2.41. The van der Waals surface area contributed by atoms with E-state index in [1.165, 1.54) is 6.07 Å². The lowest BCUT2D eigenvalue weighted by Crippen LogP contribution is -1.85. The molecule has 0 atom stereocenters. The summed E-state index contributed by atoms with van der Waals surface area (Å²) in [7, 11) is 0. The van der Waals surface area contributed by atoms with E-state index in [0.29, 0.717) is 5.69 Å². The normalized spacial score (nSPS) is 10.3. The molecule has 2 aromatic rings. The van der Waals surface area contributed by atoms with Gasteiger partial charge in [-0.25, -0.2) is 0 Å². The summed E-state index contributed by atoms with van der Waals surface area (Å²) in [5, 5.41) is 10.7. The number of nitrogens with two attached hydrogens (primary N) is 1. The number of anilines is 1. The number of fused-ring (bicyclic) bond motifs is 1. The summed E-state index contributed by atoms with van der Waals surface area (Å²) in [5.41, 5.74) is 6.27. The van der Waals surface area contributed by atoms with E-state index >= 15 is 0 Å². The van der Waals surface area contributed by atoms with Crippen LogP contribution in [0.2, 0.25) is 0 Å². The van der Waals surface area contributed by atoms with Crippen molar-refractivity contribution in [1.82, 2.24) is 0 Å². The highest BCUT2D eigenvalue weighted by Crippen LogP contribution is 2.23. The molecule has 0 spiro atoms. The van der Waals surface area contributed by atoms with Crippen LogP contribution in [-0.4, -0.2) is 5.11 Å². The summed E-state index contributed by atoms with van der Waals surface area (Å²) in [6.07, 6.45) is 0. The molecule has 2 radical (unpaired) electrons. The largest absolute Gasteiger partial charge is 0.507 e. The minimum Gasteiger partial charge on any atom is -0.507 e. The molecular formula is C10H7NO. The average Bonchev–Trinajstić information content (AvgIpc) is 2.07. The standard InChI is InChI=1S/C10H7NO/c11-10-3-1-2-7-4-5-8(12)6-9(7)10/h1-3,5,12H,11H2. The number of aromatic hydroxyl groups is 1. The molecule has 0 aliphatic carbocycles. The van der Waals surface area contributed by atoms with Crippen molar-refractivity contribution in [3.05, 3.63) is 36.4 Å². The summed E-state index contributed by atoms with van der Waals surface area (Å²) in [4.78, 5) is 0. The van der Waals surface area contributed by atoms with Crippen molar-refractivity contribution in [1.29, 1.82) is 0 Å². The van der Waals surface area contributed by atoms with Crippen molar-refractivity contribution >= 4 is 16.5 Å². The van der Waals surface area contributed by atoms with Crippen LogP contribution in [0.4, 0.5) is 5.69 Å². The van der Waals surface area contributed by atoms with Crippen LogP contribution in [-0.2, 0) is 0 Å². The molecular weight excluding hydrogens is 150 g/mol. The Morgan fingerprint density at radius 2 is 2.17 bits per heavy atom. The van der Waals surface area contributed by atoms with Crippen LogP contribution in [0.1, 0.15) is 0 Å². The molecule has 0 fully saturated rings. The molecule has 12 heavy (non-hydrogen) atoms. The van der Waals surface area contributed by atoms with E-state index in [1.807, 2.05) is 12.1 Å². The zero-order chi connectivity index (χ0) is 8.55. The highest BCUT2D eigenvalue weighted by atomic mass is 16.3. The van der Waals surface area contributed by atoms with Gasteiger partial charge in [-0.2, -0.15) is 0 Å². The molecule has 0 aliphatic heterocycles. The molecule has 0 aromatic heterocycles. The van der Waals surface area contributed by atoms with Gasteiger partial charge in [0.15, 0.2) is 0 Å². The molecule has 0 aliphatic rings. The second-order valence-corrected chi connectivity index (χ2v) is 2.57. The van der Waals surface area contributed by atoms with E-state index in [9.17, 15) is 0 Å². The van der Waals surface area contributed by atoms with E-state index in [-0.39, 0.29) is 5.75 Å². The van der Waals surface area contributed by atoms with Crippen LogP contribution >= 0.6 is 0 Å². The van der Waals surface area contributed by atoms with E-state index in [0.717, 1.165) is 10.8 Å². The fraction of sp³-hybridized carbons (Fsp3) is 0. The van der Waals surface area contributed by atoms with Crippen LogP contribution < -0.4 is 5.73 Å². The summed E-state index contributed by atoms with van der Waals surface area (Å²) in [6.45, 7) is 0. The number of hydrogen-bond acceptors (Lipinski definition) is 2. The number of benzene rings is 2. The number of nitrogen functional groups attached to an aromatic ring is 1. The fourth-order valence-electron chi connectivity index (χ4n) is 1.14. The molecule has 2 heteroatoms. The molecule has 0 saturated heterocycles. The van der Waals surface area contributed by atoms with E-state index in [1.54, 1.807) is 6.07 Å². The SMILES string of the molecule is Nc1cccc2[c]cc(O)[c]c12. The van der Waals surface area contributed by atoms with Gasteiger partial charge >= 0.3 is 0 Å². The Kier molecular flexibility index (Phi) is 1.40. The highest BCUT2D eigenvalue weighted by Gasteiger charge is 1.98. The fourth-order valence-corrected chi connectivity index (χ4v) is 1.14. The molecule has 0 heterocycles. The van der Waals surface area contributed by atoms with Gasteiger partial charge in [-0.05, 0) is 23.6 Å². The highest BCUT2D eigenvalue weighted by molar-refractivity contribution is 5.92. The van der Waals surface area contributed by atoms with Crippen molar-refractivity contribution in [3.8, 4) is 5.75 Å². The Morgan fingerprint density at radius 1 is 1.33 bits per heavy atom. The summed E-state index contributed by atoms with van der Waals surface area (Å²) in [5.74, 6) is 0.0698. The third kappa shape index (κ3) is 0.975. The Hall–Kier alpha value is -1.70. The Morgan fingerprint density at radius 3 is 3.00 bits per heavy atom. The minimum atomic E-state index is 0.0698. The van der Waals surface area contributed by atoms with Gasteiger partial charge in [-0.1, -0.05) is 12.1 Å². The predicted molar refractivity (Wildman–Crippen MR) is 47.7 cm³/mol. The predicted octanol–water partition coefficient (Wildman–Crippen LogP) is 1.73. The lowest BCUT2D eigenvalue weighted by Gasteiger charge is -2.00. The number of rotatable bonds is 0. The van der Waals surface area contributed by atoms with Gasteiger partial charge < -0.3 is 10.8 Å². The molecule has 0 amide bonds. The maximum Gasteiger partial charge on any atom is 0.124 e. The van der Waals surface area contributed by atoms with Crippen molar-refractivity contribution in [2.75, 3.05) is 5.73 Å². The van der Waals surface area contributed by atoms with Crippen LogP contribution in [0.15, 0.2) is 24.3 Å². The Bertz CT molecular complexity index is 423. The number of hydrogen-bond donors (Lipinski definition) is 2. The number of phenols is 1. The van der Waals surface area contributed by atoms with Crippen LogP contribution in [0.3, 0.4) is 0 Å². The third-order valence-corrected chi connectivity index (χ3v) is 1.71. The summed E-state index contributed by atoms with van der Waals surface area (Å²) in [6, 6.07) is 12.6. The molecule has 0 unspecified atom stereocenters. The maximum atomic E-state index is 9.11. The van der Waals surface area contributed by atoms with Gasteiger partial charge in [0.25, 0.3) is 0 Å². The molecule has 58 valence electrons. The smallest absolute Gasteiger partial charge is 0.124 e. The molecule has 2 aromatic carbocycles. The average molecular weight is 157 g/mol. The topological polar surface area (TPSA) is 46.2 Å². The van der Waals surface area contributed by atoms with Gasteiger partial charge in [0, 0.05) is 17.1 Å². The summed E-state index contributed by atoms with van der Waals surface area (Å²) < 4.78 is 0. The first-order chi connectivity index (χ1) is 5.77. The van der Waals surface area contributed by atoms with E-state index in [4.69, 9.17) is 10.8 Å². The molecule has 0 bridgehead atoms. The second-order valence-electron chi connectivity index (χ2n) is 2.57. The quantitative estimate of drug-likeness (QED) is 0.572. The van der Waals surface area contributed by atoms with Crippen molar-refractivity contribution in [2.45, 2.75) is 0 Å². The first-order valence-electron chi connectivity index (χ1n) is 3.58. The first-order valence-corrected chi connectivity index (χ1v) is 3.58. The van der Waals surface area contributed by atoms with Gasteiger partial charge in [-0.3, -0.25) is 0 Å². The van der Waals surface area contributed by atoms with Gasteiger partial charge in [0.05, 0.1) is 0 Å². The van der Waals surface area contributed by atoms with Crippen LogP contribution in [0.5, 0.6) is 5.75 Å². The molecule has 2 rings (SSSR count). The number of phenolic OH excluding ortho intramolecular Hbond substituents is 1. The molecule has 2 nitrogen and oxygen atoms in total. The van der Waals surface area contributed by atoms with E-state index < -0.39 is 0 Å². The zero-order valence-corrected chi connectivity index (χ0v) is 6.33. The van der Waals surface area contributed by atoms with Crippen LogP contribution in [0, 0.1) is 12.1 Å². The zero-order valence-electron chi connectivity index (χ0n) is 6.33. The first kappa shape index (κ1) is 6.98.